The van der Waals surface area contributed by atoms with Gasteiger partial charge in [-0.3, -0.25) is 9.59 Å². The first-order valence-corrected chi connectivity index (χ1v) is 10.1. The lowest BCUT2D eigenvalue weighted by Crippen LogP contribution is -2.48. The molecular weight excluding hydrogens is 420 g/mol. The SMILES string of the molecule is CNC(=O)[C@@H](C)N(Cc1ccc(Br)cc1)C(=O)COc1ccccc1C(C)C. The Labute approximate surface area is 175 Å². The van der Waals surface area contributed by atoms with Crippen LogP contribution in [0.15, 0.2) is 53.0 Å². The summed E-state index contributed by atoms with van der Waals surface area (Å²) in [7, 11) is 1.57. The number of nitrogens with one attached hydrogen (secondary N) is 1. The van der Waals surface area contributed by atoms with Crippen LogP contribution in [-0.4, -0.2) is 36.4 Å². The minimum Gasteiger partial charge on any atom is -0.483 e. The average molecular weight is 447 g/mol. The number of para-hydroxylation sites is 1. The van der Waals surface area contributed by atoms with E-state index in [1.54, 1.807) is 18.9 Å². The Morgan fingerprint density at radius 2 is 1.71 bits per heavy atom. The van der Waals surface area contributed by atoms with Crippen molar-refractivity contribution in [3.05, 3.63) is 64.1 Å². The number of likely N-dealkylation sites (N-methyl/N-ethyl adjacent to an activating group) is 1. The second-order valence-electron chi connectivity index (χ2n) is 6.92. The first-order valence-electron chi connectivity index (χ1n) is 9.30. The highest BCUT2D eigenvalue weighted by molar-refractivity contribution is 9.10. The molecule has 0 saturated carbocycles. The molecule has 0 bridgehead atoms. The normalized spacial score (nSPS) is 11.8. The standard InChI is InChI=1S/C22H27BrN2O3/c1-15(2)19-7-5-6-8-20(19)28-14-21(26)25(16(3)22(27)24-4)13-17-9-11-18(23)12-10-17/h5-12,15-16H,13-14H2,1-4H3,(H,24,27)/t16-/m1/s1. The van der Waals surface area contributed by atoms with Gasteiger partial charge in [-0.15, -0.1) is 0 Å². The van der Waals surface area contributed by atoms with E-state index in [1.165, 1.54) is 0 Å². The van der Waals surface area contributed by atoms with Crippen molar-refractivity contribution in [2.75, 3.05) is 13.7 Å². The van der Waals surface area contributed by atoms with Crippen molar-refractivity contribution in [2.45, 2.75) is 39.3 Å². The Morgan fingerprint density at radius 3 is 2.32 bits per heavy atom. The largest absolute Gasteiger partial charge is 0.483 e. The number of rotatable bonds is 8. The van der Waals surface area contributed by atoms with E-state index in [0.29, 0.717) is 12.3 Å². The highest BCUT2D eigenvalue weighted by Crippen LogP contribution is 2.26. The Kier molecular flexibility index (Phi) is 8.05. The zero-order valence-corrected chi connectivity index (χ0v) is 18.3. The number of hydrogen-bond acceptors (Lipinski definition) is 3. The maximum atomic E-state index is 12.9. The lowest BCUT2D eigenvalue weighted by molar-refractivity contribution is -0.142. The number of carbonyl (C=O) groups excluding carboxylic acids is 2. The fourth-order valence-electron chi connectivity index (χ4n) is 2.89. The number of nitrogens with zero attached hydrogens (tertiary/aromatic N) is 1. The van der Waals surface area contributed by atoms with Gasteiger partial charge in [-0.25, -0.2) is 0 Å². The molecule has 5 nitrogen and oxygen atoms in total. The third-order valence-corrected chi connectivity index (χ3v) is 5.10. The van der Waals surface area contributed by atoms with E-state index in [0.717, 1.165) is 15.6 Å². The summed E-state index contributed by atoms with van der Waals surface area (Å²) in [5.41, 5.74) is 1.99. The van der Waals surface area contributed by atoms with Crippen molar-refractivity contribution in [3.63, 3.8) is 0 Å². The second kappa shape index (κ2) is 10.3. The molecule has 28 heavy (non-hydrogen) atoms. The van der Waals surface area contributed by atoms with Gasteiger partial charge in [-0.2, -0.15) is 0 Å². The molecule has 0 heterocycles. The molecule has 0 radical (unpaired) electrons. The fraction of sp³-hybridized carbons (Fsp3) is 0.364. The highest BCUT2D eigenvalue weighted by Gasteiger charge is 2.26. The molecule has 0 aliphatic carbocycles. The Morgan fingerprint density at radius 1 is 1.07 bits per heavy atom. The fourth-order valence-corrected chi connectivity index (χ4v) is 3.15. The molecule has 1 N–H and O–H groups in total. The number of amides is 2. The molecule has 2 aromatic rings. The smallest absolute Gasteiger partial charge is 0.261 e. The third kappa shape index (κ3) is 5.83. The number of benzene rings is 2. The topological polar surface area (TPSA) is 58.6 Å². The molecule has 1 atom stereocenters. The third-order valence-electron chi connectivity index (χ3n) is 4.57. The van der Waals surface area contributed by atoms with Crippen molar-refractivity contribution in [1.82, 2.24) is 10.2 Å². The number of halogens is 1. The van der Waals surface area contributed by atoms with Crippen molar-refractivity contribution in [1.29, 1.82) is 0 Å². The van der Waals surface area contributed by atoms with Gasteiger partial charge in [0.25, 0.3) is 5.91 Å². The molecule has 0 aromatic heterocycles. The van der Waals surface area contributed by atoms with Crippen LogP contribution in [0.1, 0.15) is 37.8 Å². The Hall–Kier alpha value is -2.34. The zero-order valence-electron chi connectivity index (χ0n) is 16.7. The molecule has 0 aliphatic rings. The molecule has 0 spiro atoms. The van der Waals surface area contributed by atoms with Gasteiger partial charge in [0, 0.05) is 18.1 Å². The predicted octanol–water partition coefficient (Wildman–Crippen LogP) is 4.11. The van der Waals surface area contributed by atoms with Gasteiger partial charge in [-0.05, 0) is 42.2 Å². The summed E-state index contributed by atoms with van der Waals surface area (Å²) in [5, 5.41) is 2.61. The van der Waals surface area contributed by atoms with Crippen LogP contribution < -0.4 is 10.1 Å². The lowest BCUT2D eigenvalue weighted by Gasteiger charge is -2.28. The lowest BCUT2D eigenvalue weighted by atomic mass is 10.0. The van der Waals surface area contributed by atoms with E-state index in [-0.39, 0.29) is 24.3 Å². The van der Waals surface area contributed by atoms with E-state index in [9.17, 15) is 9.59 Å². The summed E-state index contributed by atoms with van der Waals surface area (Å²) in [5.74, 6) is 0.530. The number of hydrogen-bond donors (Lipinski definition) is 1. The molecule has 0 fully saturated rings. The summed E-state index contributed by atoms with van der Waals surface area (Å²) >= 11 is 3.41. The first kappa shape index (κ1) is 22.0. The van der Waals surface area contributed by atoms with Gasteiger partial charge in [0.05, 0.1) is 0 Å². The summed E-state index contributed by atoms with van der Waals surface area (Å²) in [4.78, 5) is 26.7. The van der Waals surface area contributed by atoms with Crippen LogP contribution in [0.5, 0.6) is 5.75 Å². The van der Waals surface area contributed by atoms with Gasteiger partial charge >= 0.3 is 0 Å². The number of carbonyl (C=O) groups is 2. The maximum Gasteiger partial charge on any atom is 0.261 e. The van der Waals surface area contributed by atoms with Crippen molar-refractivity contribution in [2.24, 2.45) is 0 Å². The predicted molar refractivity (Wildman–Crippen MR) is 114 cm³/mol. The molecular formula is C22H27BrN2O3. The molecule has 2 rings (SSSR count). The van der Waals surface area contributed by atoms with Crippen LogP contribution in [-0.2, 0) is 16.1 Å². The molecule has 2 aromatic carbocycles. The van der Waals surface area contributed by atoms with Crippen molar-refractivity contribution >= 4 is 27.7 Å². The van der Waals surface area contributed by atoms with Gasteiger partial charge in [0.15, 0.2) is 6.61 Å². The van der Waals surface area contributed by atoms with Gasteiger partial charge in [-0.1, -0.05) is 60.1 Å². The quantitative estimate of drug-likeness (QED) is 0.663. The first-order chi connectivity index (χ1) is 13.3. The average Bonchev–Trinajstić information content (AvgIpc) is 2.70. The summed E-state index contributed by atoms with van der Waals surface area (Å²) in [6.07, 6.45) is 0. The van der Waals surface area contributed by atoms with Crippen LogP contribution in [0.4, 0.5) is 0 Å². The van der Waals surface area contributed by atoms with E-state index in [2.05, 4.69) is 35.1 Å². The number of ether oxygens (including phenoxy) is 1. The van der Waals surface area contributed by atoms with Crippen LogP contribution in [0.2, 0.25) is 0 Å². The molecule has 150 valence electrons. The van der Waals surface area contributed by atoms with Gasteiger partial charge in [0.2, 0.25) is 5.91 Å². The van der Waals surface area contributed by atoms with Crippen molar-refractivity contribution in [3.8, 4) is 5.75 Å². The monoisotopic (exact) mass is 446 g/mol. The summed E-state index contributed by atoms with van der Waals surface area (Å²) in [6, 6.07) is 14.8. The molecule has 0 aliphatic heterocycles. The highest BCUT2D eigenvalue weighted by atomic mass is 79.9. The Bertz CT molecular complexity index is 806. The van der Waals surface area contributed by atoms with E-state index in [4.69, 9.17) is 4.74 Å². The van der Waals surface area contributed by atoms with Crippen molar-refractivity contribution < 1.29 is 14.3 Å². The zero-order chi connectivity index (χ0) is 20.7. The molecule has 0 saturated heterocycles. The summed E-state index contributed by atoms with van der Waals surface area (Å²) in [6.45, 7) is 6.09. The van der Waals surface area contributed by atoms with Crippen LogP contribution >= 0.6 is 15.9 Å². The van der Waals surface area contributed by atoms with E-state index >= 15 is 0 Å². The second-order valence-corrected chi connectivity index (χ2v) is 7.84. The maximum absolute atomic E-state index is 12.9. The van der Waals surface area contributed by atoms with E-state index < -0.39 is 6.04 Å². The van der Waals surface area contributed by atoms with Gasteiger partial charge in [0.1, 0.15) is 11.8 Å². The van der Waals surface area contributed by atoms with Gasteiger partial charge < -0.3 is 15.0 Å². The van der Waals surface area contributed by atoms with Crippen LogP contribution in [0.3, 0.4) is 0 Å². The molecule has 6 heteroatoms. The molecule has 2 amide bonds. The van der Waals surface area contributed by atoms with Crippen LogP contribution in [0.25, 0.3) is 0 Å². The minimum absolute atomic E-state index is 0.123. The minimum atomic E-state index is -0.606. The summed E-state index contributed by atoms with van der Waals surface area (Å²) < 4.78 is 6.79. The molecule has 0 unspecified atom stereocenters. The van der Waals surface area contributed by atoms with Crippen LogP contribution in [0, 0.1) is 0 Å². The van der Waals surface area contributed by atoms with E-state index in [1.807, 2.05) is 48.5 Å². The Balaban J connectivity index is 2.16.